The summed E-state index contributed by atoms with van der Waals surface area (Å²) < 4.78 is 13.6. The number of fused-ring (bicyclic) bond motifs is 2. The Hall–Kier alpha value is -3.27. The molecular weight excluding hydrogens is 350 g/mol. The Morgan fingerprint density at radius 1 is 1.18 bits per heavy atom. The first-order valence-corrected chi connectivity index (χ1v) is 9.25. The van der Waals surface area contributed by atoms with E-state index in [0.717, 1.165) is 22.0 Å². The lowest BCUT2D eigenvalue weighted by Gasteiger charge is -2.29. The molecule has 0 amide bonds. The van der Waals surface area contributed by atoms with Crippen LogP contribution in [-0.4, -0.2) is 23.1 Å². The van der Waals surface area contributed by atoms with Crippen LogP contribution in [-0.2, 0) is 7.05 Å². The Morgan fingerprint density at radius 2 is 1.96 bits per heavy atom. The van der Waals surface area contributed by atoms with Crippen LogP contribution in [0.25, 0.3) is 23.1 Å². The first-order valence-electron chi connectivity index (χ1n) is 9.25. The molecule has 0 saturated carbocycles. The maximum absolute atomic E-state index is 13.0. The molecule has 0 radical (unpaired) electrons. The summed E-state index contributed by atoms with van der Waals surface area (Å²) in [4.78, 5) is 13.0. The van der Waals surface area contributed by atoms with Crippen LogP contribution in [0, 0.1) is 0 Å². The van der Waals surface area contributed by atoms with Crippen LogP contribution in [0.2, 0.25) is 0 Å². The molecule has 4 rings (SSSR count). The number of ether oxygens (including phenoxy) is 2. The zero-order valence-electron chi connectivity index (χ0n) is 16.5. The van der Waals surface area contributed by atoms with Crippen molar-refractivity contribution >= 4 is 28.8 Å². The zero-order chi connectivity index (χ0) is 19.9. The molecule has 0 fully saturated rings. The van der Waals surface area contributed by atoms with Gasteiger partial charge in [0.15, 0.2) is 5.78 Å². The maximum Gasteiger partial charge on any atom is 0.189 e. The molecule has 4 heteroatoms. The van der Waals surface area contributed by atoms with Crippen LogP contribution >= 0.6 is 0 Å². The molecule has 28 heavy (non-hydrogen) atoms. The van der Waals surface area contributed by atoms with Crippen molar-refractivity contribution in [2.75, 3.05) is 7.11 Å². The topological polar surface area (TPSA) is 40.5 Å². The Bertz CT molecular complexity index is 1130. The van der Waals surface area contributed by atoms with E-state index in [2.05, 4.69) is 16.7 Å². The van der Waals surface area contributed by atoms with Crippen molar-refractivity contribution in [3.63, 3.8) is 0 Å². The number of nitrogens with zero attached hydrogens (tertiary/aromatic N) is 1. The fraction of sp³-hybridized carbons (Fsp3) is 0.208. The number of benzene rings is 2. The van der Waals surface area contributed by atoms with E-state index in [-0.39, 0.29) is 5.78 Å². The molecule has 0 aliphatic carbocycles. The second-order valence-electron chi connectivity index (χ2n) is 7.51. The van der Waals surface area contributed by atoms with E-state index in [1.807, 2.05) is 63.5 Å². The van der Waals surface area contributed by atoms with Gasteiger partial charge < -0.3 is 14.0 Å². The van der Waals surface area contributed by atoms with E-state index < -0.39 is 5.60 Å². The SMILES string of the molecule is COc1ccc(C(=O)/C=C/c2cn(C)c3ccccc23)c2c1C=CC(C)(C)O2. The Morgan fingerprint density at radius 3 is 2.75 bits per heavy atom. The summed E-state index contributed by atoms with van der Waals surface area (Å²) in [5.41, 5.74) is 2.99. The van der Waals surface area contributed by atoms with Crippen molar-refractivity contribution in [1.29, 1.82) is 0 Å². The number of allylic oxidation sites excluding steroid dienone is 1. The number of aryl methyl sites for hydroxylation is 1. The second-order valence-corrected chi connectivity index (χ2v) is 7.51. The van der Waals surface area contributed by atoms with Crippen molar-refractivity contribution in [3.05, 3.63) is 71.4 Å². The second kappa shape index (κ2) is 6.71. The number of para-hydroxylation sites is 1. The van der Waals surface area contributed by atoms with Crippen LogP contribution in [0.5, 0.6) is 11.5 Å². The molecule has 2 aromatic carbocycles. The summed E-state index contributed by atoms with van der Waals surface area (Å²) in [6.45, 7) is 3.93. The van der Waals surface area contributed by atoms with E-state index in [9.17, 15) is 4.79 Å². The normalized spacial score (nSPS) is 14.9. The van der Waals surface area contributed by atoms with Gasteiger partial charge in [0.05, 0.1) is 18.2 Å². The van der Waals surface area contributed by atoms with Crippen LogP contribution in [0.15, 0.2) is 54.7 Å². The lowest BCUT2D eigenvalue weighted by atomic mass is 9.97. The molecule has 0 bridgehead atoms. The number of hydrogen-bond donors (Lipinski definition) is 0. The molecule has 1 aliphatic heterocycles. The van der Waals surface area contributed by atoms with Crippen molar-refractivity contribution in [3.8, 4) is 11.5 Å². The molecule has 0 spiro atoms. The summed E-state index contributed by atoms with van der Waals surface area (Å²) in [6, 6.07) is 11.7. The van der Waals surface area contributed by atoms with Crippen LogP contribution in [0.4, 0.5) is 0 Å². The third-order valence-electron chi connectivity index (χ3n) is 5.00. The number of rotatable bonds is 4. The summed E-state index contributed by atoms with van der Waals surface area (Å²) in [7, 11) is 3.62. The van der Waals surface area contributed by atoms with Gasteiger partial charge in [0, 0.05) is 29.7 Å². The third kappa shape index (κ3) is 3.11. The summed E-state index contributed by atoms with van der Waals surface area (Å²) in [5, 5.41) is 1.12. The van der Waals surface area contributed by atoms with E-state index >= 15 is 0 Å². The number of carbonyl (C=O) groups excluding carboxylic acids is 1. The van der Waals surface area contributed by atoms with Gasteiger partial charge in [-0.1, -0.05) is 18.2 Å². The predicted molar refractivity (Wildman–Crippen MR) is 113 cm³/mol. The largest absolute Gasteiger partial charge is 0.496 e. The van der Waals surface area contributed by atoms with Gasteiger partial charge in [-0.05, 0) is 56.4 Å². The first kappa shape index (κ1) is 18.1. The maximum atomic E-state index is 13.0. The average molecular weight is 373 g/mol. The summed E-state index contributed by atoms with van der Waals surface area (Å²) in [6.07, 6.45) is 9.44. The van der Waals surface area contributed by atoms with Crippen LogP contribution in [0.3, 0.4) is 0 Å². The molecule has 1 aromatic heterocycles. The number of hydrogen-bond acceptors (Lipinski definition) is 3. The van der Waals surface area contributed by atoms with E-state index in [1.54, 1.807) is 19.3 Å². The molecule has 4 nitrogen and oxygen atoms in total. The average Bonchev–Trinajstić information content (AvgIpc) is 3.00. The highest BCUT2D eigenvalue weighted by Gasteiger charge is 2.27. The van der Waals surface area contributed by atoms with E-state index in [1.165, 1.54) is 0 Å². The van der Waals surface area contributed by atoms with Gasteiger partial charge in [-0.3, -0.25) is 4.79 Å². The van der Waals surface area contributed by atoms with Gasteiger partial charge in [0.25, 0.3) is 0 Å². The van der Waals surface area contributed by atoms with Gasteiger partial charge in [-0.15, -0.1) is 0 Å². The quantitative estimate of drug-likeness (QED) is 0.462. The van der Waals surface area contributed by atoms with Gasteiger partial charge >= 0.3 is 0 Å². The van der Waals surface area contributed by atoms with Crippen LogP contribution < -0.4 is 9.47 Å². The number of ketones is 1. The summed E-state index contributed by atoms with van der Waals surface area (Å²) in [5.74, 6) is 1.16. The zero-order valence-corrected chi connectivity index (χ0v) is 16.5. The van der Waals surface area contributed by atoms with Crippen molar-refractivity contribution in [2.45, 2.75) is 19.4 Å². The molecule has 0 unspecified atom stereocenters. The number of carbonyl (C=O) groups is 1. The molecule has 142 valence electrons. The van der Waals surface area contributed by atoms with Crippen molar-refractivity contribution in [1.82, 2.24) is 4.57 Å². The van der Waals surface area contributed by atoms with Gasteiger partial charge in [0.2, 0.25) is 0 Å². The van der Waals surface area contributed by atoms with E-state index in [4.69, 9.17) is 9.47 Å². The molecule has 2 heterocycles. The molecule has 0 N–H and O–H groups in total. The first-order chi connectivity index (χ1) is 13.4. The van der Waals surface area contributed by atoms with Gasteiger partial charge in [0.1, 0.15) is 17.1 Å². The molecule has 0 atom stereocenters. The van der Waals surface area contributed by atoms with Crippen molar-refractivity contribution < 1.29 is 14.3 Å². The molecular formula is C24H23NO3. The minimum absolute atomic E-state index is 0.0991. The lowest BCUT2D eigenvalue weighted by molar-refractivity contribution is 0.103. The number of methoxy groups -OCH3 is 1. The predicted octanol–water partition coefficient (Wildman–Crippen LogP) is 5.27. The smallest absolute Gasteiger partial charge is 0.189 e. The Kier molecular flexibility index (Phi) is 4.34. The minimum Gasteiger partial charge on any atom is -0.496 e. The lowest BCUT2D eigenvalue weighted by Crippen LogP contribution is -2.28. The monoisotopic (exact) mass is 373 g/mol. The fourth-order valence-electron chi connectivity index (χ4n) is 3.56. The third-order valence-corrected chi connectivity index (χ3v) is 5.00. The van der Waals surface area contributed by atoms with Crippen LogP contribution in [0.1, 0.15) is 35.3 Å². The highest BCUT2D eigenvalue weighted by molar-refractivity contribution is 6.10. The van der Waals surface area contributed by atoms with E-state index in [0.29, 0.717) is 17.1 Å². The van der Waals surface area contributed by atoms with Gasteiger partial charge in [-0.25, -0.2) is 0 Å². The molecule has 1 aliphatic rings. The highest BCUT2D eigenvalue weighted by atomic mass is 16.5. The minimum atomic E-state index is -0.478. The standard InChI is InChI=1S/C24H23NO3/c1-24(2)14-13-19-22(27-4)12-10-18(23(19)28-24)21(26)11-9-16-15-25(3)20-8-6-5-7-17(16)20/h5-15H,1-4H3/b11-9+. The van der Waals surface area contributed by atoms with Crippen molar-refractivity contribution in [2.24, 2.45) is 7.05 Å². The fourth-order valence-corrected chi connectivity index (χ4v) is 3.56. The molecule has 0 saturated heterocycles. The number of aromatic nitrogens is 1. The Labute approximate surface area is 164 Å². The Balaban J connectivity index is 1.73. The highest BCUT2D eigenvalue weighted by Crippen LogP contribution is 2.40. The van der Waals surface area contributed by atoms with Gasteiger partial charge in [-0.2, -0.15) is 0 Å². The summed E-state index contributed by atoms with van der Waals surface area (Å²) >= 11 is 0. The molecule has 3 aromatic rings.